The fraction of sp³-hybridized carbons (Fsp3) is 0.333. The van der Waals surface area contributed by atoms with E-state index >= 15 is 0 Å². The molecule has 12 heteroatoms. The second-order valence-electron chi connectivity index (χ2n) is 10.2. The molecule has 2 bridgehead atoms. The number of rotatable bonds is 5. The van der Waals surface area contributed by atoms with E-state index in [0.29, 0.717) is 24.2 Å². The largest absolute Gasteiger partial charge is 0.383 e. The van der Waals surface area contributed by atoms with Crippen molar-refractivity contribution in [3.8, 4) is 0 Å². The van der Waals surface area contributed by atoms with Gasteiger partial charge in [-0.05, 0) is 67.3 Å². The smallest absolute Gasteiger partial charge is 0.255 e. The molecular formula is C27H23ClF4N2O4S. The van der Waals surface area contributed by atoms with Crippen LogP contribution >= 0.6 is 11.6 Å². The molecule has 2 fully saturated rings. The van der Waals surface area contributed by atoms with Crippen LogP contribution in [-0.2, 0) is 15.4 Å². The molecule has 0 spiro atoms. The number of halogens is 5. The molecule has 2 unspecified atom stereocenters. The molecule has 1 amide bonds. The Morgan fingerprint density at radius 3 is 2.36 bits per heavy atom. The van der Waals surface area contributed by atoms with E-state index in [1.807, 2.05) is 6.92 Å². The number of carbonyl (C=O) groups is 1. The van der Waals surface area contributed by atoms with Crippen LogP contribution in [0, 0.1) is 41.0 Å². The van der Waals surface area contributed by atoms with Gasteiger partial charge in [-0.25, -0.2) is 26.0 Å². The molecule has 5 atom stereocenters. The summed E-state index contributed by atoms with van der Waals surface area (Å²) in [5.74, 6) is -7.08. The lowest BCUT2D eigenvalue weighted by Gasteiger charge is -2.42. The van der Waals surface area contributed by atoms with Gasteiger partial charge in [-0.15, -0.1) is 0 Å². The molecule has 5 rings (SSSR count). The Hall–Kier alpha value is -3.02. The summed E-state index contributed by atoms with van der Waals surface area (Å²) >= 11 is 6.26. The number of amides is 1. The fourth-order valence-electron chi connectivity index (χ4n) is 6.05. The van der Waals surface area contributed by atoms with E-state index in [1.54, 1.807) is 0 Å². The number of hydrogen-bond acceptors (Lipinski definition) is 5. The molecular weight excluding hydrogens is 560 g/mol. The number of aromatic nitrogens is 1. The number of nitrogens with one attached hydrogen (secondary N) is 1. The first-order chi connectivity index (χ1) is 18.3. The van der Waals surface area contributed by atoms with Crippen molar-refractivity contribution in [2.24, 2.45) is 17.8 Å². The van der Waals surface area contributed by atoms with Gasteiger partial charge in [0.05, 0.1) is 27.1 Å². The predicted octanol–water partition coefficient (Wildman–Crippen LogP) is 5.64. The maximum absolute atomic E-state index is 13.8. The lowest BCUT2D eigenvalue weighted by molar-refractivity contribution is -0.0733. The van der Waals surface area contributed by atoms with Crippen molar-refractivity contribution in [2.45, 2.75) is 41.9 Å². The van der Waals surface area contributed by atoms with Crippen LogP contribution in [0.1, 0.15) is 42.2 Å². The van der Waals surface area contributed by atoms with Gasteiger partial charge in [0.2, 0.25) is 0 Å². The summed E-state index contributed by atoms with van der Waals surface area (Å²) < 4.78 is 81.4. The second-order valence-corrected chi connectivity index (χ2v) is 12.8. The first-order valence-corrected chi connectivity index (χ1v) is 14.1. The molecule has 39 heavy (non-hydrogen) atoms. The number of anilines is 1. The van der Waals surface area contributed by atoms with E-state index in [-0.39, 0.29) is 39.9 Å². The summed E-state index contributed by atoms with van der Waals surface area (Å²) in [7, 11) is -4.10. The van der Waals surface area contributed by atoms with Gasteiger partial charge in [0.15, 0.2) is 27.3 Å². The van der Waals surface area contributed by atoms with Crippen molar-refractivity contribution in [1.82, 2.24) is 4.98 Å². The van der Waals surface area contributed by atoms with Crippen LogP contribution in [0.3, 0.4) is 0 Å². The van der Waals surface area contributed by atoms with Crippen LogP contribution < -0.4 is 5.32 Å². The number of aliphatic hydroxyl groups is 1. The maximum atomic E-state index is 13.8. The topological polar surface area (TPSA) is 96.4 Å². The van der Waals surface area contributed by atoms with Gasteiger partial charge in [-0.3, -0.25) is 9.78 Å². The maximum Gasteiger partial charge on any atom is 0.255 e. The highest BCUT2D eigenvalue weighted by molar-refractivity contribution is 7.92. The molecule has 2 N–H and O–H groups in total. The van der Waals surface area contributed by atoms with Crippen LogP contribution in [0.4, 0.5) is 23.2 Å². The molecule has 1 aromatic heterocycles. The number of hydrogen-bond donors (Lipinski definition) is 2. The van der Waals surface area contributed by atoms with E-state index in [9.17, 15) is 35.9 Å². The summed E-state index contributed by atoms with van der Waals surface area (Å²) in [6.07, 6.45) is 1.76. The Morgan fingerprint density at radius 2 is 1.74 bits per heavy atom. The summed E-state index contributed by atoms with van der Waals surface area (Å²) in [6, 6.07) is 7.38. The normalized spacial score (nSPS) is 26.4. The minimum atomic E-state index is -4.10. The Balaban J connectivity index is 1.42. The summed E-state index contributed by atoms with van der Waals surface area (Å²) in [5, 5.41) is 12.9. The Bertz CT molecular complexity index is 1550. The fourth-order valence-corrected chi connectivity index (χ4v) is 8.43. The van der Waals surface area contributed by atoms with Crippen LogP contribution in [0.2, 0.25) is 5.02 Å². The summed E-state index contributed by atoms with van der Waals surface area (Å²) in [6.45, 7) is 1.92. The monoisotopic (exact) mass is 582 g/mol. The van der Waals surface area contributed by atoms with E-state index in [1.165, 1.54) is 24.3 Å². The number of sulfone groups is 1. The predicted molar refractivity (Wildman–Crippen MR) is 135 cm³/mol. The van der Waals surface area contributed by atoms with E-state index in [4.69, 9.17) is 11.6 Å². The van der Waals surface area contributed by atoms with Crippen LogP contribution in [-0.4, -0.2) is 29.7 Å². The number of pyridine rings is 1. The molecule has 2 aromatic carbocycles. The zero-order valence-electron chi connectivity index (χ0n) is 20.5. The first-order valence-electron chi connectivity index (χ1n) is 12.2. The van der Waals surface area contributed by atoms with Gasteiger partial charge in [-0.1, -0.05) is 18.5 Å². The van der Waals surface area contributed by atoms with Crippen molar-refractivity contribution >= 4 is 33.0 Å². The number of fused-ring (bicyclic) bond motifs is 2. The van der Waals surface area contributed by atoms with Crippen molar-refractivity contribution < 1.29 is 35.9 Å². The highest BCUT2D eigenvalue weighted by Crippen LogP contribution is 2.58. The minimum absolute atomic E-state index is 0.0314. The molecule has 6 nitrogen and oxygen atoms in total. The molecule has 206 valence electrons. The lowest BCUT2D eigenvalue weighted by Crippen LogP contribution is -2.47. The van der Waals surface area contributed by atoms with E-state index < -0.39 is 61.7 Å². The van der Waals surface area contributed by atoms with Gasteiger partial charge in [0.1, 0.15) is 11.4 Å². The average molecular weight is 583 g/mol. The molecule has 2 aliphatic carbocycles. The zero-order chi connectivity index (χ0) is 28.3. The molecule has 3 aromatic rings. The third kappa shape index (κ3) is 4.70. The molecule has 0 radical (unpaired) electrons. The summed E-state index contributed by atoms with van der Waals surface area (Å²) in [5.41, 5.74) is -1.63. The van der Waals surface area contributed by atoms with E-state index in [0.717, 1.165) is 12.3 Å². The van der Waals surface area contributed by atoms with Crippen molar-refractivity contribution in [1.29, 1.82) is 0 Å². The average Bonchev–Trinajstić information content (AvgIpc) is 3.00. The highest BCUT2D eigenvalue weighted by Gasteiger charge is 2.60. The van der Waals surface area contributed by atoms with Gasteiger partial charge < -0.3 is 10.4 Å². The first kappa shape index (κ1) is 27.5. The van der Waals surface area contributed by atoms with Gasteiger partial charge in [0.25, 0.3) is 5.91 Å². The van der Waals surface area contributed by atoms with Crippen molar-refractivity contribution in [2.75, 3.05) is 5.32 Å². The van der Waals surface area contributed by atoms with Crippen LogP contribution in [0.15, 0.2) is 53.6 Å². The third-order valence-electron chi connectivity index (χ3n) is 7.91. The van der Waals surface area contributed by atoms with Gasteiger partial charge >= 0.3 is 0 Å². The molecule has 2 aliphatic rings. The minimum Gasteiger partial charge on any atom is -0.383 e. The summed E-state index contributed by atoms with van der Waals surface area (Å²) in [4.78, 5) is 16.5. The van der Waals surface area contributed by atoms with Crippen molar-refractivity contribution in [3.63, 3.8) is 0 Å². The Morgan fingerprint density at radius 1 is 1.05 bits per heavy atom. The van der Waals surface area contributed by atoms with Gasteiger partial charge in [0, 0.05) is 23.4 Å². The molecule has 0 saturated heterocycles. The van der Waals surface area contributed by atoms with Crippen molar-refractivity contribution in [3.05, 3.63) is 88.2 Å². The zero-order valence-corrected chi connectivity index (χ0v) is 22.0. The molecule has 0 aliphatic heterocycles. The Kier molecular flexibility index (Phi) is 6.97. The number of benzene rings is 2. The van der Waals surface area contributed by atoms with Crippen LogP contribution in [0.25, 0.3) is 0 Å². The third-order valence-corrected chi connectivity index (χ3v) is 10.6. The SMILES string of the molecule is C[C@H]1CC2CC(S(=O)(=O)c3cc(C(=O)Nc4cc(F)c(F)c(F)c4)ccc3Cl)C[C@H]1[C@@]2(O)c1ccc(F)cn1. The van der Waals surface area contributed by atoms with E-state index in [2.05, 4.69) is 10.3 Å². The standard InChI is InChI=1S/C27H23ClF4N2O4S/c1-13-6-15-8-18(11-19(13)27(15,36)24-5-3-16(29)12-33-24)39(37,38)23-7-14(2-4-20(23)28)26(35)34-17-9-21(30)25(32)22(31)10-17/h2-5,7,9-10,12-13,15,18-19,36H,6,8,11H2,1H3,(H,34,35)/t13-,15?,18?,19+,27+/m0/s1. The van der Waals surface area contributed by atoms with Crippen LogP contribution in [0.5, 0.6) is 0 Å². The quantitative estimate of drug-likeness (QED) is 0.300. The number of carbonyl (C=O) groups excluding carboxylic acids is 1. The molecule has 1 heterocycles. The highest BCUT2D eigenvalue weighted by atomic mass is 35.5. The molecule has 2 saturated carbocycles. The second kappa shape index (κ2) is 9.87. The number of nitrogens with zero attached hydrogens (tertiary/aromatic N) is 1. The van der Waals surface area contributed by atoms with Gasteiger partial charge in [-0.2, -0.15) is 0 Å². The Labute approximate surface area is 226 Å². The lowest BCUT2D eigenvalue weighted by atomic mass is 9.71.